The summed E-state index contributed by atoms with van der Waals surface area (Å²) >= 11 is 0. The average Bonchev–Trinajstić information content (AvgIpc) is 2.87. The molecule has 0 N–H and O–H groups in total. The zero-order valence-electron chi connectivity index (χ0n) is 8.86. The van der Waals surface area contributed by atoms with Crippen LogP contribution in [0.25, 0.3) is 0 Å². The van der Waals surface area contributed by atoms with Crippen LogP contribution in [0.1, 0.15) is 38.5 Å². The van der Waals surface area contributed by atoms with E-state index < -0.39 is 18.0 Å². The molecule has 2 saturated carbocycles. The van der Waals surface area contributed by atoms with Crippen molar-refractivity contribution in [3.05, 3.63) is 0 Å². The molecule has 2 atom stereocenters. The van der Waals surface area contributed by atoms with E-state index in [0.29, 0.717) is 19.3 Å². The van der Waals surface area contributed by atoms with Crippen LogP contribution in [0.3, 0.4) is 0 Å². The number of hydrogen-bond acceptors (Lipinski definition) is 0. The molecule has 0 nitrogen and oxygen atoms in total. The van der Waals surface area contributed by atoms with Crippen LogP contribution < -0.4 is 0 Å². The topological polar surface area (TPSA) is 0 Å². The minimum Gasteiger partial charge on any atom is -0.207 e. The molecular weight excluding hydrogens is 227 g/mol. The molecule has 0 saturated heterocycles. The fourth-order valence-corrected chi connectivity index (χ4v) is 2.67. The van der Waals surface area contributed by atoms with E-state index in [1.165, 1.54) is 0 Å². The molecule has 16 heavy (non-hydrogen) atoms. The first-order valence-corrected chi connectivity index (χ1v) is 5.72. The van der Waals surface area contributed by atoms with E-state index >= 15 is 0 Å². The molecule has 0 radical (unpaired) electrons. The lowest BCUT2D eigenvalue weighted by atomic mass is 9.83. The van der Waals surface area contributed by atoms with Crippen LogP contribution in [0.15, 0.2) is 0 Å². The summed E-state index contributed by atoms with van der Waals surface area (Å²) in [4.78, 5) is 0. The average molecular weight is 242 g/mol. The maximum Gasteiger partial charge on any atom is 0.392 e. The van der Waals surface area contributed by atoms with Crippen molar-refractivity contribution < 1.29 is 22.0 Å². The van der Waals surface area contributed by atoms with Gasteiger partial charge >= 0.3 is 6.18 Å². The number of rotatable bonds is 2. The van der Waals surface area contributed by atoms with Gasteiger partial charge in [-0.3, -0.25) is 0 Å². The molecule has 0 aromatic carbocycles. The van der Waals surface area contributed by atoms with Crippen LogP contribution in [0.2, 0.25) is 0 Å². The number of hydrogen-bond donors (Lipinski definition) is 0. The Labute approximate surface area is 91.2 Å². The highest BCUT2D eigenvalue weighted by molar-refractivity contribution is 4.93. The summed E-state index contributed by atoms with van der Waals surface area (Å²) in [6, 6.07) is 0. The molecule has 0 aromatic heterocycles. The predicted molar refractivity (Wildman–Crippen MR) is 49.2 cm³/mol. The normalized spacial score (nSPS) is 35.1. The first kappa shape index (κ1) is 12.1. The molecule has 2 unspecified atom stereocenters. The third kappa shape index (κ3) is 2.86. The Morgan fingerprint density at radius 1 is 1.06 bits per heavy atom. The van der Waals surface area contributed by atoms with Crippen LogP contribution >= 0.6 is 0 Å². The third-order valence-corrected chi connectivity index (χ3v) is 3.82. The fourth-order valence-electron chi connectivity index (χ4n) is 2.67. The zero-order chi connectivity index (χ0) is 12.0. The van der Waals surface area contributed by atoms with Gasteiger partial charge in [0.15, 0.2) is 0 Å². The van der Waals surface area contributed by atoms with Gasteiger partial charge in [0.1, 0.15) is 0 Å². The van der Waals surface area contributed by atoms with Crippen LogP contribution in [0, 0.1) is 17.8 Å². The summed E-state index contributed by atoms with van der Waals surface area (Å²) in [6.07, 6.45) is -2.93. The predicted octanol–water partition coefficient (Wildman–Crippen LogP) is 4.40. The Balaban J connectivity index is 1.73. The maximum absolute atomic E-state index is 12.8. The lowest BCUT2D eigenvalue weighted by Crippen LogP contribution is -2.25. The molecule has 2 fully saturated rings. The summed E-state index contributed by atoms with van der Waals surface area (Å²) in [7, 11) is 0. The number of alkyl halides is 5. The Morgan fingerprint density at radius 2 is 1.62 bits per heavy atom. The Bertz CT molecular complexity index is 248. The van der Waals surface area contributed by atoms with Gasteiger partial charge in [-0.05, 0) is 37.5 Å². The van der Waals surface area contributed by atoms with E-state index in [-0.39, 0.29) is 31.1 Å². The van der Waals surface area contributed by atoms with E-state index in [9.17, 15) is 22.0 Å². The van der Waals surface area contributed by atoms with Crippen LogP contribution in [0.5, 0.6) is 0 Å². The Kier molecular flexibility index (Phi) is 2.91. The Morgan fingerprint density at radius 3 is 2.06 bits per heavy atom. The second-order valence-corrected chi connectivity index (χ2v) is 5.18. The number of halogens is 5. The van der Waals surface area contributed by atoms with Crippen molar-refractivity contribution in [3.63, 3.8) is 0 Å². The van der Waals surface area contributed by atoms with E-state index in [2.05, 4.69) is 0 Å². The van der Waals surface area contributed by atoms with Crippen molar-refractivity contribution in [2.75, 3.05) is 0 Å². The van der Waals surface area contributed by atoms with Crippen molar-refractivity contribution in [3.8, 4) is 0 Å². The summed E-state index contributed by atoms with van der Waals surface area (Å²) in [5.41, 5.74) is 0. The van der Waals surface area contributed by atoms with Crippen molar-refractivity contribution in [1.82, 2.24) is 0 Å². The lowest BCUT2D eigenvalue weighted by molar-refractivity contribution is -0.151. The first-order valence-electron chi connectivity index (χ1n) is 5.72. The van der Waals surface area contributed by atoms with Gasteiger partial charge in [-0.1, -0.05) is 0 Å². The molecule has 5 heteroatoms. The molecule has 0 aliphatic heterocycles. The molecule has 0 amide bonds. The monoisotopic (exact) mass is 242 g/mol. The van der Waals surface area contributed by atoms with Gasteiger partial charge in [0.25, 0.3) is 0 Å². The van der Waals surface area contributed by atoms with Gasteiger partial charge in [0.05, 0.1) is 5.92 Å². The lowest BCUT2D eigenvalue weighted by Gasteiger charge is -2.28. The highest BCUT2D eigenvalue weighted by Crippen LogP contribution is 2.54. The molecule has 0 spiro atoms. The quantitative estimate of drug-likeness (QED) is 0.629. The van der Waals surface area contributed by atoms with Crippen LogP contribution in [0.4, 0.5) is 22.0 Å². The summed E-state index contributed by atoms with van der Waals surface area (Å²) in [5, 5.41) is 0. The van der Waals surface area contributed by atoms with Gasteiger partial charge in [-0.2, -0.15) is 13.2 Å². The van der Waals surface area contributed by atoms with Gasteiger partial charge < -0.3 is 0 Å². The first-order chi connectivity index (χ1) is 7.28. The largest absolute Gasteiger partial charge is 0.392 e. The molecule has 0 heterocycles. The smallest absolute Gasteiger partial charge is 0.207 e. The third-order valence-electron chi connectivity index (χ3n) is 3.82. The molecule has 0 aromatic rings. The Hall–Kier alpha value is -0.350. The molecule has 2 rings (SSSR count). The molecule has 94 valence electrons. The van der Waals surface area contributed by atoms with Crippen molar-refractivity contribution >= 4 is 0 Å². The standard InChI is InChI=1S/C11H15F5/c12-10(13)3-1-7(2-4-10)5-8-6-9(8)11(14,15)16/h7-9H,1-6H2. The van der Waals surface area contributed by atoms with Gasteiger partial charge in [0, 0.05) is 12.8 Å². The summed E-state index contributed by atoms with van der Waals surface area (Å²) < 4.78 is 62.4. The fraction of sp³-hybridized carbons (Fsp3) is 1.00. The van der Waals surface area contributed by atoms with Crippen molar-refractivity contribution in [2.45, 2.75) is 50.6 Å². The van der Waals surface area contributed by atoms with Crippen LogP contribution in [-0.4, -0.2) is 12.1 Å². The minimum absolute atomic E-state index is 0.0805. The highest BCUT2D eigenvalue weighted by atomic mass is 19.4. The van der Waals surface area contributed by atoms with Gasteiger partial charge in [0.2, 0.25) is 5.92 Å². The minimum atomic E-state index is -4.08. The maximum atomic E-state index is 12.8. The van der Waals surface area contributed by atoms with E-state index in [0.717, 1.165) is 0 Å². The zero-order valence-corrected chi connectivity index (χ0v) is 8.86. The SMILES string of the molecule is FC1(F)CCC(CC2CC2C(F)(F)F)CC1. The molecule has 2 aliphatic rings. The second-order valence-electron chi connectivity index (χ2n) is 5.18. The van der Waals surface area contributed by atoms with Gasteiger partial charge in [-0.25, -0.2) is 8.78 Å². The van der Waals surface area contributed by atoms with E-state index in [4.69, 9.17) is 0 Å². The van der Waals surface area contributed by atoms with Crippen molar-refractivity contribution in [2.24, 2.45) is 17.8 Å². The van der Waals surface area contributed by atoms with Crippen molar-refractivity contribution in [1.29, 1.82) is 0 Å². The highest BCUT2D eigenvalue weighted by Gasteiger charge is 2.55. The van der Waals surface area contributed by atoms with Gasteiger partial charge in [-0.15, -0.1) is 0 Å². The summed E-state index contributed by atoms with van der Waals surface area (Å²) in [6.45, 7) is 0. The summed E-state index contributed by atoms with van der Waals surface area (Å²) in [5.74, 6) is -3.95. The molecular formula is C11H15F5. The molecule has 0 bridgehead atoms. The molecule has 2 aliphatic carbocycles. The second kappa shape index (κ2) is 3.84. The van der Waals surface area contributed by atoms with E-state index in [1.54, 1.807) is 0 Å². The van der Waals surface area contributed by atoms with Crippen LogP contribution in [-0.2, 0) is 0 Å². The van der Waals surface area contributed by atoms with E-state index in [1.807, 2.05) is 0 Å².